The molecular formula is C16H23IN2. The average molecular weight is 370 g/mol. The summed E-state index contributed by atoms with van der Waals surface area (Å²) in [4.78, 5) is 0. The van der Waals surface area contributed by atoms with Crippen LogP contribution in [0.25, 0.3) is 0 Å². The summed E-state index contributed by atoms with van der Waals surface area (Å²) in [5.41, 5.74) is 7.13. The van der Waals surface area contributed by atoms with Crippen LogP contribution in [0.15, 0.2) is 29.8 Å². The molecule has 1 aromatic carbocycles. The van der Waals surface area contributed by atoms with Gasteiger partial charge < -0.3 is 0 Å². The molecule has 2 nitrogen and oxygen atoms in total. The quantitative estimate of drug-likeness (QED) is 0.359. The molecule has 0 aliphatic heterocycles. The molecule has 104 valence electrons. The number of allylic oxidation sites excluding steroid dienone is 1. The van der Waals surface area contributed by atoms with Crippen LogP contribution in [0.5, 0.6) is 0 Å². The molecule has 0 saturated heterocycles. The monoisotopic (exact) mass is 370 g/mol. The van der Waals surface area contributed by atoms with E-state index in [9.17, 15) is 0 Å². The third-order valence-electron chi connectivity index (χ3n) is 3.90. The number of aryl methyl sites for hydroxylation is 1. The number of rotatable bonds is 3. The molecule has 0 fully saturated rings. The number of benzene rings is 1. The van der Waals surface area contributed by atoms with E-state index >= 15 is 0 Å². The summed E-state index contributed by atoms with van der Waals surface area (Å²) in [6.07, 6.45) is 10.1. The molecule has 0 aromatic heterocycles. The number of halogens is 1. The van der Waals surface area contributed by atoms with Crippen molar-refractivity contribution in [3.8, 4) is 0 Å². The Morgan fingerprint density at radius 1 is 1.21 bits per heavy atom. The molecule has 2 rings (SSSR count). The van der Waals surface area contributed by atoms with Crippen molar-refractivity contribution in [2.45, 2.75) is 51.5 Å². The molecule has 0 heterocycles. The van der Waals surface area contributed by atoms with Crippen LogP contribution >= 0.6 is 22.6 Å². The molecule has 1 aliphatic carbocycles. The van der Waals surface area contributed by atoms with Crippen molar-refractivity contribution in [2.75, 3.05) is 0 Å². The Bertz CT molecular complexity index is 454. The Labute approximate surface area is 130 Å². The Kier molecular flexibility index (Phi) is 5.85. The van der Waals surface area contributed by atoms with E-state index in [0.717, 1.165) is 0 Å². The van der Waals surface area contributed by atoms with Crippen LogP contribution in [-0.2, 0) is 0 Å². The van der Waals surface area contributed by atoms with Gasteiger partial charge in [-0.2, -0.15) is 0 Å². The first kappa shape index (κ1) is 15.0. The summed E-state index contributed by atoms with van der Waals surface area (Å²) in [6.45, 7) is 2.16. The highest BCUT2D eigenvalue weighted by atomic mass is 127. The summed E-state index contributed by atoms with van der Waals surface area (Å²) < 4.78 is 1.33. The van der Waals surface area contributed by atoms with Gasteiger partial charge in [0.2, 0.25) is 0 Å². The minimum absolute atomic E-state index is 0.171. The number of hydrogen-bond acceptors (Lipinski definition) is 2. The van der Waals surface area contributed by atoms with Gasteiger partial charge in [0.15, 0.2) is 0 Å². The van der Waals surface area contributed by atoms with E-state index in [4.69, 9.17) is 5.84 Å². The van der Waals surface area contributed by atoms with E-state index in [2.05, 4.69) is 59.2 Å². The Morgan fingerprint density at radius 2 is 2.00 bits per heavy atom. The zero-order valence-electron chi connectivity index (χ0n) is 11.6. The zero-order valence-corrected chi connectivity index (χ0v) is 13.7. The van der Waals surface area contributed by atoms with Crippen LogP contribution in [0.3, 0.4) is 0 Å². The highest BCUT2D eigenvalue weighted by Crippen LogP contribution is 2.31. The van der Waals surface area contributed by atoms with Gasteiger partial charge in [-0.15, -0.1) is 0 Å². The Hall–Kier alpha value is -0.390. The van der Waals surface area contributed by atoms with Crippen LogP contribution in [0.2, 0.25) is 0 Å². The van der Waals surface area contributed by atoms with Crippen molar-refractivity contribution < 1.29 is 0 Å². The van der Waals surface area contributed by atoms with Gasteiger partial charge in [-0.25, -0.2) is 5.43 Å². The third kappa shape index (κ3) is 3.80. The second kappa shape index (κ2) is 7.41. The van der Waals surface area contributed by atoms with Crippen molar-refractivity contribution in [2.24, 2.45) is 5.84 Å². The Morgan fingerprint density at radius 3 is 2.79 bits per heavy atom. The predicted molar refractivity (Wildman–Crippen MR) is 89.7 cm³/mol. The van der Waals surface area contributed by atoms with E-state index in [1.54, 1.807) is 0 Å². The number of hydrogen-bond donors (Lipinski definition) is 2. The van der Waals surface area contributed by atoms with Crippen LogP contribution in [0.1, 0.15) is 55.7 Å². The highest BCUT2D eigenvalue weighted by Gasteiger charge is 2.18. The first-order valence-electron chi connectivity index (χ1n) is 7.14. The minimum atomic E-state index is 0.171. The first-order chi connectivity index (χ1) is 9.24. The maximum Gasteiger partial charge on any atom is 0.0680 e. The molecule has 1 aliphatic rings. The van der Waals surface area contributed by atoms with Gasteiger partial charge in [0.05, 0.1) is 6.04 Å². The van der Waals surface area contributed by atoms with Crippen molar-refractivity contribution in [3.63, 3.8) is 0 Å². The van der Waals surface area contributed by atoms with Crippen LogP contribution in [-0.4, -0.2) is 0 Å². The summed E-state index contributed by atoms with van der Waals surface area (Å²) in [5, 5.41) is 0. The van der Waals surface area contributed by atoms with Gasteiger partial charge in [-0.1, -0.05) is 42.7 Å². The standard InChI is InChI=1S/C16H23IN2/c1-12-8-7-11-14(15(12)17)16(19-18)13-9-5-3-2-4-6-10-13/h7-9,11,16,19H,2-6,10,18H2,1H3/b13-9+. The maximum atomic E-state index is 5.85. The van der Waals surface area contributed by atoms with Gasteiger partial charge in [-0.05, 0) is 66.3 Å². The number of hydrazine groups is 1. The lowest BCUT2D eigenvalue weighted by Crippen LogP contribution is -2.30. The average Bonchev–Trinajstić information content (AvgIpc) is 2.37. The third-order valence-corrected chi connectivity index (χ3v) is 5.37. The largest absolute Gasteiger partial charge is 0.271 e. The van der Waals surface area contributed by atoms with Gasteiger partial charge in [0.1, 0.15) is 0 Å². The maximum absolute atomic E-state index is 5.85. The Balaban J connectivity index is 2.30. The molecule has 1 atom stereocenters. The second-order valence-corrected chi connectivity index (χ2v) is 6.39. The first-order valence-corrected chi connectivity index (χ1v) is 8.22. The second-order valence-electron chi connectivity index (χ2n) is 5.31. The lowest BCUT2D eigenvalue weighted by atomic mass is 9.91. The molecular weight excluding hydrogens is 347 g/mol. The van der Waals surface area contributed by atoms with Gasteiger partial charge in [-0.3, -0.25) is 5.84 Å². The van der Waals surface area contributed by atoms with Crippen molar-refractivity contribution in [1.29, 1.82) is 0 Å². The zero-order chi connectivity index (χ0) is 13.7. The minimum Gasteiger partial charge on any atom is -0.271 e. The van der Waals surface area contributed by atoms with E-state index in [0.29, 0.717) is 0 Å². The van der Waals surface area contributed by atoms with E-state index in [1.807, 2.05) is 0 Å². The summed E-state index contributed by atoms with van der Waals surface area (Å²) in [6, 6.07) is 6.65. The predicted octanol–water partition coefficient (Wildman–Crippen LogP) is 4.38. The SMILES string of the molecule is Cc1cccc(C(NN)/C2=C/CCCCCC2)c1I. The van der Waals surface area contributed by atoms with E-state index in [-0.39, 0.29) is 6.04 Å². The topological polar surface area (TPSA) is 38.0 Å². The fraction of sp³-hybridized carbons (Fsp3) is 0.500. The van der Waals surface area contributed by atoms with Crippen molar-refractivity contribution in [1.82, 2.24) is 5.43 Å². The van der Waals surface area contributed by atoms with E-state index in [1.165, 1.54) is 58.8 Å². The van der Waals surface area contributed by atoms with Gasteiger partial charge in [0, 0.05) is 3.57 Å². The smallest absolute Gasteiger partial charge is 0.0680 e. The summed E-state index contributed by atoms with van der Waals surface area (Å²) in [5.74, 6) is 5.85. The molecule has 0 amide bonds. The van der Waals surface area contributed by atoms with Crippen LogP contribution in [0, 0.1) is 10.5 Å². The van der Waals surface area contributed by atoms with Gasteiger partial charge in [0.25, 0.3) is 0 Å². The van der Waals surface area contributed by atoms with Crippen molar-refractivity contribution in [3.05, 3.63) is 44.5 Å². The molecule has 0 bridgehead atoms. The van der Waals surface area contributed by atoms with E-state index < -0.39 is 0 Å². The molecule has 3 heteroatoms. The highest BCUT2D eigenvalue weighted by molar-refractivity contribution is 14.1. The van der Waals surface area contributed by atoms with Gasteiger partial charge >= 0.3 is 0 Å². The fourth-order valence-electron chi connectivity index (χ4n) is 2.77. The normalized spacial score (nSPS) is 21.1. The number of nitrogens with two attached hydrogens (primary N) is 1. The summed E-state index contributed by atoms with van der Waals surface area (Å²) >= 11 is 2.43. The molecule has 0 saturated carbocycles. The van der Waals surface area contributed by atoms with Crippen molar-refractivity contribution >= 4 is 22.6 Å². The number of nitrogens with one attached hydrogen (secondary N) is 1. The molecule has 0 spiro atoms. The molecule has 0 radical (unpaired) electrons. The molecule has 1 unspecified atom stereocenters. The molecule has 19 heavy (non-hydrogen) atoms. The van der Waals surface area contributed by atoms with Crippen LogP contribution < -0.4 is 11.3 Å². The molecule has 1 aromatic rings. The fourth-order valence-corrected chi connectivity index (χ4v) is 3.44. The molecule has 3 N–H and O–H groups in total. The lowest BCUT2D eigenvalue weighted by molar-refractivity contribution is 0.554. The van der Waals surface area contributed by atoms with Crippen LogP contribution in [0.4, 0.5) is 0 Å². The summed E-state index contributed by atoms with van der Waals surface area (Å²) in [7, 11) is 0. The lowest BCUT2D eigenvalue weighted by Gasteiger charge is -2.23.